The van der Waals surface area contributed by atoms with Gasteiger partial charge in [-0.3, -0.25) is 4.90 Å². The molecular formula is C35H41ClF2N6O4S. The maximum Gasteiger partial charge on any atom is 0.410 e. The van der Waals surface area contributed by atoms with Crippen molar-refractivity contribution in [2.45, 2.75) is 77.7 Å². The summed E-state index contributed by atoms with van der Waals surface area (Å²) in [4.78, 5) is 28.4. The average Bonchev–Trinajstić information content (AvgIpc) is 3.57. The number of likely N-dealkylation sites (tertiary alicyclic amines) is 2. The van der Waals surface area contributed by atoms with E-state index in [4.69, 9.17) is 41.5 Å². The minimum absolute atomic E-state index is 0.00422. The second-order valence-corrected chi connectivity index (χ2v) is 14.9. The second kappa shape index (κ2) is 13.2. The highest BCUT2D eigenvalue weighted by atomic mass is 35.5. The lowest BCUT2D eigenvalue weighted by atomic mass is 9.96. The molecule has 262 valence electrons. The van der Waals surface area contributed by atoms with E-state index in [1.807, 2.05) is 20.8 Å². The van der Waals surface area contributed by atoms with Crippen molar-refractivity contribution in [3.8, 4) is 22.9 Å². The standard InChI is InChI=1S/C35H41ClF2N6O4S/c1-17(2)47-35(45)43-13-10-20(11-14-43)44-15-16-46-30-26-29(40-34(41-33(26)44)48-19(4)23-7-6-12-42(23)5)28(38)25(27(30)36)21-8-9-22(37)31-24(21)18(3)32(39)49-31/h8-9,17,19-20,23H,6-7,10-16,39H2,1-5H3/t19-,23-/m0/s1. The van der Waals surface area contributed by atoms with E-state index in [1.54, 1.807) is 11.8 Å². The van der Waals surface area contributed by atoms with Gasteiger partial charge in [0.05, 0.1) is 32.8 Å². The number of carbonyl (C=O) groups excluding carboxylic acids is 1. The molecule has 3 aliphatic heterocycles. The van der Waals surface area contributed by atoms with Gasteiger partial charge >= 0.3 is 12.1 Å². The van der Waals surface area contributed by atoms with Gasteiger partial charge in [-0.15, -0.1) is 11.3 Å². The van der Waals surface area contributed by atoms with Crippen molar-refractivity contribution in [1.29, 1.82) is 0 Å². The van der Waals surface area contributed by atoms with Gasteiger partial charge in [-0.05, 0) is 84.2 Å². The number of aryl methyl sites for hydroxylation is 1. The molecule has 2 aromatic carbocycles. The molecule has 2 aromatic heterocycles. The van der Waals surface area contributed by atoms with E-state index in [1.165, 1.54) is 12.1 Å². The van der Waals surface area contributed by atoms with E-state index in [9.17, 15) is 9.18 Å². The molecule has 1 amide bonds. The molecule has 0 saturated carbocycles. The summed E-state index contributed by atoms with van der Waals surface area (Å²) < 4.78 is 50.7. The number of nitrogen functional groups attached to an aromatic ring is 1. The SMILES string of the molecule is Cc1c(N)sc2c(F)ccc(-c3c(Cl)c4c5c(nc(O[C@@H](C)[C@@H]6CCCN6C)nc5c3F)N(C3CCN(C(=O)OC(C)C)CC3)CCO4)c12. The Balaban J connectivity index is 1.37. The minimum Gasteiger partial charge on any atom is -0.489 e. The molecular weight excluding hydrogens is 674 g/mol. The molecule has 49 heavy (non-hydrogen) atoms. The summed E-state index contributed by atoms with van der Waals surface area (Å²) in [6.07, 6.45) is 2.53. The molecule has 10 nitrogen and oxygen atoms in total. The van der Waals surface area contributed by atoms with Crippen LogP contribution < -0.4 is 20.1 Å². The highest BCUT2D eigenvalue weighted by Gasteiger charge is 2.36. The van der Waals surface area contributed by atoms with Crippen LogP contribution in [0.3, 0.4) is 0 Å². The maximum atomic E-state index is 17.2. The van der Waals surface area contributed by atoms with Gasteiger partial charge in [0.1, 0.15) is 29.9 Å². The van der Waals surface area contributed by atoms with Gasteiger partial charge in [0, 0.05) is 36.1 Å². The zero-order chi connectivity index (χ0) is 34.7. The van der Waals surface area contributed by atoms with Crippen LogP contribution in [0.4, 0.5) is 24.4 Å². The van der Waals surface area contributed by atoms with E-state index in [2.05, 4.69) is 16.8 Å². The van der Waals surface area contributed by atoms with Crippen LogP contribution in [-0.4, -0.2) is 90.0 Å². The molecule has 2 N–H and O–H groups in total. The Bertz CT molecular complexity index is 1930. The van der Waals surface area contributed by atoms with Gasteiger partial charge in [0.2, 0.25) is 0 Å². The predicted octanol–water partition coefficient (Wildman–Crippen LogP) is 7.40. The number of rotatable bonds is 6. The molecule has 2 atom stereocenters. The summed E-state index contributed by atoms with van der Waals surface area (Å²) in [6.45, 7) is 10.1. The number of halogens is 3. The number of amides is 1. The smallest absolute Gasteiger partial charge is 0.410 e. The molecule has 0 aliphatic carbocycles. The number of likely N-dealkylation sites (N-methyl/N-ethyl adjacent to an activating group) is 1. The summed E-state index contributed by atoms with van der Waals surface area (Å²) >= 11 is 8.22. The van der Waals surface area contributed by atoms with Crippen LogP contribution in [0.2, 0.25) is 5.02 Å². The third-order valence-corrected chi connectivity index (χ3v) is 11.5. The van der Waals surface area contributed by atoms with E-state index >= 15 is 4.39 Å². The van der Waals surface area contributed by atoms with Crippen LogP contribution in [0.5, 0.6) is 11.8 Å². The third kappa shape index (κ3) is 5.97. The highest BCUT2D eigenvalue weighted by Crippen LogP contribution is 2.51. The van der Waals surface area contributed by atoms with Crippen molar-refractivity contribution in [2.24, 2.45) is 0 Å². The summed E-state index contributed by atoms with van der Waals surface area (Å²) in [5, 5.41) is 1.34. The number of aromatic nitrogens is 2. The lowest BCUT2D eigenvalue weighted by Crippen LogP contribution is -2.48. The summed E-state index contributed by atoms with van der Waals surface area (Å²) in [5.41, 5.74) is 7.33. The zero-order valence-corrected chi connectivity index (χ0v) is 29.9. The first-order chi connectivity index (χ1) is 23.4. The largest absolute Gasteiger partial charge is 0.489 e. The Kier molecular flexibility index (Phi) is 9.12. The maximum absolute atomic E-state index is 17.2. The van der Waals surface area contributed by atoms with E-state index < -0.39 is 11.6 Å². The molecule has 3 aliphatic rings. The number of ether oxygens (including phenoxy) is 3. The normalized spacial score (nSPS) is 19.5. The highest BCUT2D eigenvalue weighted by molar-refractivity contribution is 7.23. The first kappa shape index (κ1) is 33.8. The van der Waals surface area contributed by atoms with Gasteiger partial charge in [-0.2, -0.15) is 9.97 Å². The molecule has 14 heteroatoms. The fraction of sp³-hybridized carbons (Fsp3) is 0.514. The Morgan fingerprint density at radius 1 is 1.10 bits per heavy atom. The lowest BCUT2D eigenvalue weighted by Gasteiger charge is -2.38. The number of benzene rings is 2. The topological polar surface area (TPSA) is 106 Å². The van der Waals surface area contributed by atoms with E-state index in [0.29, 0.717) is 69.9 Å². The van der Waals surface area contributed by atoms with Gasteiger partial charge in [0.15, 0.2) is 11.6 Å². The van der Waals surface area contributed by atoms with Gasteiger partial charge in [0.25, 0.3) is 0 Å². The Labute approximate surface area is 293 Å². The summed E-state index contributed by atoms with van der Waals surface area (Å²) in [6, 6.07) is 3.01. The number of hydrogen-bond acceptors (Lipinski definition) is 10. The van der Waals surface area contributed by atoms with Gasteiger partial charge < -0.3 is 29.7 Å². The number of piperidine rings is 1. The number of carbonyl (C=O) groups is 1. The van der Waals surface area contributed by atoms with E-state index in [-0.39, 0.29) is 64.9 Å². The number of anilines is 2. The van der Waals surface area contributed by atoms with Crippen molar-refractivity contribution in [2.75, 3.05) is 50.5 Å². The van der Waals surface area contributed by atoms with Crippen molar-refractivity contribution in [3.05, 3.63) is 34.4 Å². The predicted molar refractivity (Wildman–Crippen MR) is 189 cm³/mol. The first-order valence-corrected chi connectivity index (χ1v) is 18.1. The molecule has 0 radical (unpaired) electrons. The number of nitrogens with zero attached hydrogens (tertiary/aromatic N) is 5. The Morgan fingerprint density at radius 3 is 2.55 bits per heavy atom. The number of thiophene rings is 1. The molecule has 7 rings (SSSR count). The zero-order valence-electron chi connectivity index (χ0n) is 28.3. The molecule has 0 unspecified atom stereocenters. The van der Waals surface area contributed by atoms with Crippen LogP contribution in [0, 0.1) is 18.6 Å². The van der Waals surface area contributed by atoms with Crippen LogP contribution in [-0.2, 0) is 4.74 Å². The lowest BCUT2D eigenvalue weighted by molar-refractivity contribution is 0.0689. The number of hydrogen-bond donors (Lipinski definition) is 1. The average molecular weight is 715 g/mol. The number of fused-ring (bicyclic) bond motifs is 1. The molecule has 4 aromatic rings. The monoisotopic (exact) mass is 714 g/mol. The fourth-order valence-electron chi connectivity index (χ4n) is 7.53. The minimum atomic E-state index is -0.684. The van der Waals surface area contributed by atoms with Gasteiger partial charge in [-0.25, -0.2) is 13.6 Å². The van der Waals surface area contributed by atoms with E-state index in [0.717, 1.165) is 30.7 Å². The van der Waals surface area contributed by atoms with Crippen LogP contribution in [0.15, 0.2) is 12.1 Å². The van der Waals surface area contributed by atoms with Crippen LogP contribution >= 0.6 is 22.9 Å². The first-order valence-electron chi connectivity index (χ1n) is 16.9. The molecule has 2 fully saturated rings. The molecule has 5 heterocycles. The number of nitrogens with two attached hydrogens (primary N) is 1. The van der Waals surface area contributed by atoms with Gasteiger partial charge in [-0.1, -0.05) is 17.7 Å². The fourth-order valence-corrected chi connectivity index (χ4v) is 8.87. The van der Waals surface area contributed by atoms with Crippen molar-refractivity contribution < 1.29 is 27.8 Å². The molecule has 0 bridgehead atoms. The van der Waals surface area contributed by atoms with Crippen LogP contribution in [0.25, 0.3) is 32.1 Å². The Hall–Kier alpha value is -3.68. The second-order valence-electron chi connectivity index (χ2n) is 13.5. The quantitative estimate of drug-likeness (QED) is 0.219. The van der Waals surface area contributed by atoms with Crippen molar-refractivity contribution >= 4 is 60.8 Å². The summed E-state index contributed by atoms with van der Waals surface area (Å²) in [7, 11) is 2.07. The molecule has 0 spiro atoms. The van der Waals surface area contributed by atoms with Crippen molar-refractivity contribution in [3.63, 3.8) is 0 Å². The third-order valence-electron chi connectivity index (χ3n) is 10.0. The summed E-state index contributed by atoms with van der Waals surface area (Å²) in [5.74, 6) is -0.399. The van der Waals surface area contributed by atoms with Crippen LogP contribution in [0.1, 0.15) is 52.0 Å². The van der Waals surface area contributed by atoms with Crippen molar-refractivity contribution in [1.82, 2.24) is 19.8 Å². The Morgan fingerprint density at radius 2 is 1.86 bits per heavy atom. The molecule has 2 saturated heterocycles.